The van der Waals surface area contributed by atoms with E-state index < -0.39 is 18.4 Å². The van der Waals surface area contributed by atoms with Gasteiger partial charge in [0.15, 0.2) is 0 Å². The summed E-state index contributed by atoms with van der Waals surface area (Å²) in [5, 5.41) is 5.05. The highest BCUT2D eigenvalue weighted by Gasteiger charge is 2.10. The Hall–Kier alpha value is -3.16. The van der Waals surface area contributed by atoms with E-state index >= 15 is 0 Å². The molecule has 0 aliphatic carbocycles. The number of rotatable bonds is 7. The van der Waals surface area contributed by atoms with Crippen molar-refractivity contribution in [3.8, 4) is 11.5 Å². The second-order valence-electron chi connectivity index (χ2n) is 4.87. The molecule has 0 aliphatic heterocycles. The number of halogens is 2. The molecule has 25 heavy (non-hydrogen) atoms. The topological polar surface area (TPSA) is 76.7 Å². The molecule has 2 aromatic rings. The monoisotopic (exact) mass is 350 g/mol. The first kappa shape index (κ1) is 18.2. The van der Waals surface area contributed by atoms with Crippen molar-refractivity contribution in [1.29, 1.82) is 0 Å². The lowest BCUT2D eigenvalue weighted by Gasteiger charge is -2.09. The Morgan fingerprint density at radius 1 is 1.08 bits per heavy atom. The number of benzene rings is 2. The maximum absolute atomic E-state index is 12.1. The largest absolute Gasteiger partial charge is 0.497 e. The molecular formula is C17H16F2N2O4. The highest BCUT2D eigenvalue weighted by molar-refractivity contribution is 5.99. The molecule has 0 heterocycles. The molecule has 0 saturated carbocycles. The Morgan fingerprint density at radius 2 is 1.80 bits per heavy atom. The minimum atomic E-state index is -2.93. The normalized spacial score (nSPS) is 10.2. The van der Waals surface area contributed by atoms with Gasteiger partial charge in [-0.05, 0) is 36.4 Å². The quantitative estimate of drug-likeness (QED) is 0.805. The Labute approximate surface area is 142 Å². The van der Waals surface area contributed by atoms with Crippen molar-refractivity contribution < 1.29 is 27.8 Å². The summed E-state index contributed by atoms with van der Waals surface area (Å²) in [4.78, 5) is 23.8. The van der Waals surface area contributed by atoms with Gasteiger partial charge in [-0.25, -0.2) is 0 Å². The van der Waals surface area contributed by atoms with E-state index in [1.165, 1.54) is 31.4 Å². The van der Waals surface area contributed by atoms with E-state index in [1.807, 2.05) is 0 Å². The van der Waals surface area contributed by atoms with Crippen LogP contribution in [0.5, 0.6) is 11.5 Å². The van der Waals surface area contributed by atoms with Crippen LogP contribution in [0.2, 0.25) is 0 Å². The van der Waals surface area contributed by atoms with Crippen LogP contribution in [0.25, 0.3) is 0 Å². The summed E-state index contributed by atoms with van der Waals surface area (Å²) >= 11 is 0. The summed E-state index contributed by atoms with van der Waals surface area (Å²) in [6.07, 6.45) is 0. The fourth-order valence-electron chi connectivity index (χ4n) is 1.96. The van der Waals surface area contributed by atoms with Crippen molar-refractivity contribution in [3.63, 3.8) is 0 Å². The van der Waals surface area contributed by atoms with Crippen LogP contribution in [-0.4, -0.2) is 32.1 Å². The van der Waals surface area contributed by atoms with Crippen molar-refractivity contribution in [3.05, 3.63) is 54.1 Å². The molecular weight excluding hydrogens is 334 g/mol. The molecule has 0 atom stereocenters. The van der Waals surface area contributed by atoms with E-state index in [2.05, 4.69) is 15.4 Å². The van der Waals surface area contributed by atoms with Gasteiger partial charge in [0.2, 0.25) is 5.91 Å². The fraction of sp³-hybridized carbons (Fsp3) is 0.176. The van der Waals surface area contributed by atoms with E-state index in [0.717, 1.165) is 0 Å². The van der Waals surface area contributed by atoms with Crippen LogP contribution in [0.1, 0.15) is 10.4 Å². The molecule has 2 N–H and O–H groups in total. The highest BCUT2D eigenvalue weighted by atomic mass is 19.3. The summed E-state index contributed by atoms with van der Waals surface area (Å²) < 4.78 is 33.4. The molecule has 0 saturated heterocycles. The third-order valence-electron chi connectivity index (χ3n) is 3.10. The number of methoxy groups -OCH3 is 1. The van der Waals surface area contributed by atoms with Crippen LogP contribution >= 0.6 is 0 Å². The molecule has 6 nitrogen and oxygen atoms in total. The Balaban J connectivity index is 1.85. The third-order valence-corrected chi connectivity index (χ3v) is 3.10. The van der Waals surface area contributed by atoms with Crippen molar-refractivity contribution in [2.75, 3.05) is 19.0 Å². The van der Waals surface area contributed by atoms with Crippen LogP contribution < -0.4 is 20.1 Å². The standard InChI is InChI=1S/C17H16F2N2O4/c1-24-14-4-2-3-12(9-14)21-15(22)10-20-16(23)11-5-7-13(8-6-11)25-17(18)19/h2-9,17H,10H2,1H3,(H,20,23)(H,21,22). The second-order valence-corrected chi connectivity index (χ2v) is 4.87. The fourth-order valence-corrected chi connectivity index (χ4v) is 1.96. The SMILES string of the molecule is COc1cccc(NC(=O)CNC(=O)c2ccc(OC(F)F)cc2)c1. The zero-order valence-electron chi connectivity index (χ0n) is 13.3. The minimum Gasteiger partial charge on any atom is -0.497 e. The van der Waals surface area contributed by atoms with Gasteiger partial charge in [-0.1, -0.05) is 6.07 Å². The highest BCUT2D eigenvalue weighted by Crippen LogP contribution is 2.17. The average molecular weight is 350 g/mol. The molecule has 2 aromatic carbocycles. The van der Waals surface area contributed by atoms with Gasteiger partial charge in [0, 0.05) is 17.3 Å². The van der Waals surface area contributed by atoms with E-state index in [-0.39, 0.29) is 17.9 Å². The van der Waals surface area contributed by atoms with E-state index in [9.17, 15) is 18.4 Å². The van der Waals surface area contributed by atoms with Gasteiger partial charge in [-0.2, -0.15) is 8.78 Å². The molecule has 0 aliphatic rings. The number of ether oxygens (including phenoxy) is 2. The van der Waals surface area contributed by atoms with Gasteiger partial charge in [-0.3, -0.25) is 9.59 Å². The first-order valence-electron chi connectivity index (χ1n) is 7.25. The number of amides is 2. The Bertz CT molecular complexity index is 736. The smallest absolute Gasteiger partial charge is 0.387 e. The summed E-state index contributed by atoms with van der Waals surface area (Å²) in [6, 6.07) is 11.9. The lowest BCUT2D eigenvalue weighted by molar-refractivity contribution is -0.115. The lowest BCUT2D eigenvalue weighted by Crippen LogP contribution is -2.32. The lowest BCUT2D eigenvalue weighted by atomic mass is 10.2. The average Bonchev–Trinajstić information content (AvgIpc) is 2.60. The molecule has 0 bridgehead atoms. The number of hydrogen-bond acceptors (Lipinski definition) is 4. The maximum Gasteiger partial charge on any atom is 0.387 e. The zero-order valence-corrected chi connectivity index (χ0v) is 13.3. The van der Waals surface area contributed by atoms with Crippen LogP contribution in [0.4, 0.5) is 14.5 Å². The van der Waals surface area contributed by atoms with Gasteiger partial charge in [0.25, 0.3) is 5.91 Å². The predicted octanol–water partition coefficient (Wildman–Crippen LogP) is 2.67. The van der Waals surface area contributed by atoms with Crippen molar-refractivity contribution in [2.45, 2.75) is 6.61 Å². The van der Waals surface area contributed by atoms with Gasteiger partial charge in [-0.15, -0.1) is 0 Å². The minimum absolute atomic E-state index is 0.0534. The van der Waals surface area contributed by atoms with Crippen LogP contribution in [0.15, 0.2) is 48.5 Å². The van der Waals surface area contributed by atoms with Gasteiger partial charge < -0.3 is 20.1 Å². The van der Waals surface area contributed by atoms with Gasteiger partial charge >= 0.3 is 6.61 Å². The summed E-state index contributed by atoms with van der Waals surface area (Å²) in [5.41, 5.74) is 0.753. The van der Waals surface area contributed by atoms with Gasteiger partial charge in [0.05, 0.1) is 13.7 Å². The van der Waals surface area contributed by atoms with E-state index in [1.54, 1.807) is 24.3 Å². The molecule has 8 heteroatoms. The Kier molecular flexibility index (Phi) is 6.27. The first-order chi connectivity index (χ1) is 12.0. The molecule has 0 aromatic heterocycles. The zero-order chi connectivity index (χ0) is 18.2. The summed E-state index contributed by atoms with van der Waals surface area (Å²) in [7, 11) is 1.51. The number of nitrogens with one attached hydrogen (secondary N) is 2. The molecule has 2 amide bonds. The molecule has 0 fully saturated rings. The first-order valence-corrected chi connectivity index (χ1v) is 7.25. The molecule has 0 spiro atoms. The number of alkyl halides is 2. The number of carbonyl (C=O) groups is 2. The van der Waals surface area contributed by atoms with Crippen LogP contribution in [0.3, 0.4) is 0 Å². The van der Waals surface area contributed by atoms with Crippen molar-refractivity contribution in [2.24, 2.45) is 0 Å². The van der Waals surface area contributed by atoms with E-state index in [4.69, 9.17) is 4.74 Å². The molecule has 0 unspecified atom stereocenters. The maximum atomic E-state index is 12.1. The predicted molar refractivity (Wildman–Crippen MR) is 87.0 cm³/mol. The molecule has 2 rings (SSSR count). The Morgan fingerprint density at radius 3 is 2.44 bits per heavy atom. The third kappa shape index (κ3) is 5.76. The molecule has 0 radical (unpaired) electrons. The van der Waals surface area contributed by atoms with Crippen molar-refractivity contribution >= 4 is 17.5 Å². The van der Waals surface area contributed by atoms with Gasteiger partial charge in [0.1, 0.15) is 11.5 Å². The van der Waals surface area contributed by atoms with Crippen molar-refractivity contribution in [1.82, 2.24) is 5.32 Å². The number of anilines is 1. The van der Waals surface area contributed by atoms with Crippen LogP contribution in [-0.2, 0) is 4.79 Å². The summed E-state index contributed by atoms with van der Waals surface area (Å²) in [5.74, 6) is -0.390. The number of carbonyl (C=O) groups excluding carboxylic acids is 2. The molecule has 132 valence electrons. The second kappa shape index (κ2) is 8.62. The number of hydrogen-bond donors (Lipinski definition) is 2. The van der Waals surface area contributed by atoms with Crippen LogP contribution in [0, 0.1) is 0 Å². The summed E-state index contributed by atoms with van der Waals surface area (Å²) in [6.45, 7) is -3.18. The van der Waals surface area contributed by atoms with E-state index in [0.29, 0.717) is 11.4 Å².